The Bertz CT molecular complexity index is 1030. The number of aromatic carboxylic acids is 1. The van der Waals surface area contributed by atoms with Gasteiger partial charge in [-0.15, -0.1) is 11.3 Å². The second-order valence-electron chi connectivity index (χ2n) is 11.3. The SMILES string of the molecule is CCC(C)[C@H](NC(=O)[C@@]1(C)CCCN1C)C(=O)N(C)[C@H](C[C@@H](OC(=O)N(C)C)c1nc(C(=O)O)cs1)C(C)C. The van der Waals surface area contributed by atoms with E-state index in [1.807, 2.05) is 46.6 Å². The zero-order chi connectivity index (χ0) is 29.7. The summed E-state index contributed by atoms with van der Waals surface area (Å²) in [6.45, 7) is 10.6. The van der Waals surface area contributed by atoms with Crippen LogP contribution in [-0.2, 0) is 14.3 Å². The Kier molecular flexibility index (Phi) is 11.3. The zero-order valence-electron chi connectivity index (χ0n) is 24.7. The van der Waals surface area contributed by atoms with E-state index in [2.05, 4.69) is 10.3 Å². The maximum atomic E-state index is 14.0. The number of ether oxygens (including phenoxy) is 1. The Labute approximate surface area is 235 Å². The lowest BCUT2D eigenvalue weighted by Crippen LogP contribution is -2.60. The molecule has 3 amide bonds. The van der Waals surface area contributed by atoms with Gasteiger partial charge < -0.3 is 25.0 Å². The monoisotopic (exact) mass is 567 g/mol. The molecule has 0 bridgehead atoms. The van der Waals surface area contributed by atoms with Crippen LogP contribution in [-0.4, -0.2) is 101 Å². The molecule has 1 aromatic rings. The molecule has 2 heterocycles. The van der Waals surface area contributed by atoms with Gasteiger partial charge in [-0.25, -0.2) is 14.6 Å². The van der Waals surface area contributed by atoms with E-state index in [-0.39, 0.29) is 41.8 Å². The second-order valence-corrected chi connectivity index (χ2v) is 12.2. The molecular weight excluding hydrogens is 522 g/mol. The number of rotatable bonds is 12. The fraction of sp³-hybridized carbons (Fsp3) is 0.741. The Morgan fingerprint density at radius 2 is 1.87 bits per heavy atom. The zero-order valence-corrected chi connectivity index (χ0v) is 25.5. The van der Waals surface area contributed by atoms with Gasteiger partial charge in [-0.1, -0.05) is 34.1 Å². The van der Waals surface area contributed by atoms with E-state index in [0.29, 0.717) is 11.4 Å². The molecule has 1 fully saturated rings. The lowest BCUT2D eigenvalue weighted by molar-refractivity contribution is -0.142. The minimum atomic E-state index is -1.17. The van der Waals surface area contributed by atoms with E-state index < -0.39 is 29.7 Å². The number of nitrogens with zero attached hydrogens (tertiary/aromatic N) is 4. The van der Waals surface area contributed by atoms with Crippen LogP contribution in [0.25, 0.3) is 0 Å². The molecule has 39 heavy (non-hydrogen) atoms. The fourth-order valence-corrected chi connectivity index (χ4v) is 5.64. The maximum absolute atomic E-state index is 14.0. The Morgan fingerprint density at radius 1 is 1.23 bits per heavy atom. The molecule has 0 aromatic carbocycles. The number of likely N-dealkylation sites (N-methyl/N-ethyl adjacent to an activating group) is 2. The van der Waals surface area contributed by atoms with Gasteiger partial charge in [-0.3, -0.25) is 14.5 Å². The fourth-order valence-electron chi connectivity index (χ4n) is 4.80. The average Bonchev–Trinajstić information content (AvgIpc) is 3.50. The summed E-state index contributed by atoms with van der Waals surface area (Å²) in [5, 5.41) is 14.2. The molecule has 220 valence electrons. The average molecular weight is 568 g/mol. The van der Waals surface area contributed by atoms with Crippen molar-refractivity contribution in [3.8, 4) is 0 Å². The Balaban J connectivity index is 2.34. The van der Waals surface area contributed by atoms with Crippen molar-refractivity contribution in [1.82, 2.24) is 25.0 Å². The predicted octanol–water partition coefficient (Wildman–Crippen LogP) is 3.47. The van der Waals surface area contributed by atoms with Crippen LogP contribution in [0.4, 0.5) is 4.79 Å². The molecule has 5 atom stereocenters. The van der Waals surface area contributed by atoms with Gasteiger partial charge in [0.1, 0.15) is 11.0 Å². The van der Waals surface area contributed by atoms with E-state index in [1.54, 1.807) is 26.0 Å². The molecule has 12 heteroatoms. The van der Waals surface area contributed by atoms with Crippen LogP contribution in [0.15, 0.2) is 5.38 Å². The van der Waals surface area contributed by atoms with Gasteiger partial charge in [0.2, 0.25) is 11.8 Å². The Morgan fingerprint density at radius 3 is 2.33 bits per heavy atom. The number of carboxylic acids is 1. The highest BCUT2D eigenvalue weighted by Gasteiger charge is 2.44. The van der Waals surface area contributed by atoms with Crippen molar-refractivity contribution in [2.24, 2.45) is 11.8 Å². The van der Waals surface area contributed by atoms with E-state index in [1.165, 1.54) is 10.3 Å². The van der Waals surface area contributed by atoms with Gasteiger partial charge in [-0.05, 0) is 45.2 Å². The van der Waals surface area contributed by atoms with Crippen LogP contribution < -0.4 is 5.32 Å². The van der Waals surface area contributed by atoms with Crippen molar-refractivity contribution in [2.75, 3.05) is 34.7 Å². The van der Waals surface area contributed by atoms with E-state index in [4.69, 9.17) is 4.74 Å². The summed E-state index contributed by atoms with van der Waals surface area (Å²) in [5.74, 6) is -1.69. The molecule has 0 saturated carbocycles. The maximum Gasteiger partial charge on any atom is 0.409 e. The number of carbonyl (C=O) groups excluding carboxylic acids is 3. The molecule has 0 aliphatic carbocycles. The summed E-state index contributed by atoms with van der Waals surface area (Å²) in [5.41, 5.74) is -0.795. The minimum absolute atomic E-state index is 0.0369. The lowest BCUT2D eigenvalue weighted by atomic mass is 9.91. The third-order valence-corrected chi connectivity index (χ3v) is 8.89. The number of likely N-dealkylation sites (tertiary alicyclic amines) is 1. The number of carbonyl (C=O) groups is 4. The highest BCUT2D eigenvalue weighted by molar-refractivity contribution is 7.09. The standard InChI is InChI=1S/C27H45N5O6S/c1-10-17(4)21(29-25(36)27(5)12-11-13-31(27)8)23(33)32(9)19(16(2)3)14-20(38-26(37)30(6)7)22-28-18(15-39-22)24(34)35/h15-17,19-21H,10-14H2,1-9H3,(H,29,36)(H,34,35)/t17?,19-,20-,21+,27-/m1/s1. The van der Waals surface area contributed by atoms with Crippen molar-refractivity contribution in [3.63, 3.8) is 0 Å². The largest absolute Gasteiger partial charge is 0.476 e. The van der Waals surface area contributed by atoms with Gasteiger partial charge in [0.05, 0.1) is 5.54 Å². The van der Waals surface area contributed by atoms with Gasteiger partial charge in [0.15, 0.2) is 11.8 Å². The summed E-state index contributed by atoms with van der Waals surface area (Å²) in [7, 11) is 6.74. The Hall–Kier alpha value is -2.73. The van der Waals surface area contributed by atoms with Crippen molar-refractivity contribution in [2.45, 2.75) is 84.0 Å². The molecule has 1 saturated heterocycles. The van der Waals surface area contributed by atoms with Gasteiger partial charge in [0.25, 0.3) is 0 Å². The molecule has 1 aliphatic rings. The summed E-state index contributed by atoms with van der Waals surface area (Å²) >= 11 is 1.10. The van der Waals surface area contributed by atoms with Crippen molar-refractivity contribution in [1.29, 1.82) is 0 Å². The number of amides is 3. The van der Waals surface area contributed by atoms with Crippen molar-refractivity contribution < 1.29 is 29.0 Å². The van der Waals surface area contributed by atoms with Crippen molar-refractivity contribution in [3.05, 3.63) is 16.1 Å². The lowest BCUT2D eigenvalue weighted by Gasteiger charge is -2.38. The third-order valence-electron chi connectivity index (χ3n) is 7.95. The highest BCUT2D eigenvalue weighted by atomic mass is 32.1. The summed E-state index contributed by atoms with van der Waals surface area (Å²) in [4.78, 5) is 60.4. The topological polar surface area (TPSA) is 132 Å². The van der Waals surface area contributed by atoms with Crippen LogP contribution in [0.5, 0.6) is 0 Å². The van der Waals surface area contributed by atoms with Gasteiger partial charge >= 0.3 is 12.1 Å². The second kappa shape index (κ2) is 13.6. The molecule has 0 spiro atoms. The summed E-state index contributed by atoms with van der Waals surface area (Å²) < 4.78 is 5.72. The van der Waals surface area contributed by atoms with Crippen LogP contribution >= 0.6 is 11.3 Å². The molecule has 0 radical (unpaired) electrons. The smallest absolute Gasteiger partial charge is 0.409 e. The number of hydrogen-bond donors (Lipinski definition) is 2. The van der Waals surface area contributed by atoms with E-state index in [9.17, 15) is 24.3 Å². The van der Waals surface area contributed by atoms with Gasteiger partial charge in [-0.2, -0.15) is 0 Å². The first kappa shape index (κ1) is 32.5. The number of aromatic nitrogens is 1. The first-order chi connectivity index (χ1) is 18.1. The number of carboxylic acid groups (broad SMARTS) is 1. The van der Waals surface area contributed by atoms with Crippen LogP contribution in [0.1, 0.15) is 81.9 Å². The predicted molar refractivity (Wildman–Crippen MR) is 150 cm³/mol. The summed E-state index contributed by atoms with van der Waals surface area (Å²) in [6, 6.07) is -1.11. The van der Waals surface area contributed by atoms with Crippen LogP contribution in [0.3, 0.4) is 0 Å². The minimum Gasteiger partial charge on any atom is -0.476 e. The van der Waals surface area contributed by atoms with Gasteiger partial charge in [0, 0.05) is 39.0 Å². The molecule has 1 unspecified atom stereocenters. The van der Waals surface area contributed by atoms with Crippen LogP contribution in [0, 0.1) is 11.8 Å². The number of nitrogens with one attached hydrogen (secondary N) is 1. The molecule has 2 N–H and O–H groups in total. The molecule has 1 aromatic heterocycles. The molecular formula is C27H45N5O6S. The quantitative estimate of drug-likeness (QED) is 0.392. The van der Waals surface area contributed by atoms with Crippen molar-refractivity contribution >= 4 is 35.2 Å². The first-order valence-electron chi connectivity index (χ1n) is 13.5. The number of thiazole rings is 1. The van der Waals surface area contributed by atoms with E-state index in [0.717, 1.165) is 30.7 Å². The van der Waals surface area contributed by atoms with E-state index >= 15 is 0 Å². The normalized spacial score (nSPS) is 20.7. The molecule has 2 rings (SSSR count). The highest BCUT2D eigenvalue weighted by Crippen LogP contribution is 2.32. The summed E-state index contributed by atoms with van der Waals surface area (Å²) in [6.07, 6.45) is 1.11. The first-order valence-corrected chi connectivity index (χ1v) is 14.4. The molecule has 11 nitrogen and oxygen atoms in total. The third kappa shape index (κ3) is 7.69. The molecule has 1 aliphatic heterocycles. The van der Waals surface area contributed by atoms with Crippen LogP contribution in [0.2, 0.25) is 0 Å². The number of hydrogen-bond acceptors (Lipinski definition) is 8.